The van der Waals surface area contributed by atoms with Crippen molar-refractivity contribution in [3.05, 3.63) is 41.3 Å². The summed E-state index contributed by atoms with van der Waals surface area (Å²) in [6.45, 7) is 3.66. The van der Waals surface area contributed by atoms with Crippen molar-refractivity contribution in [1.82, 2.24) is 24.9 Å². The predicted molar refractivity (Wildman–Crippen MR) is 123 cm³/mol. The molecule has 1 N–H and O–H groups in total. The quantitative estimate of drug-likeness (QED) is 0.605. The Morgan fingerprint density at radius 2 is 1.97 bits per heavy atom. The van der Waals surface area contributed by atoms with Crippen molar-refractivity contribution in [3.8, 4) is 16.9 Å². The van der Waals surface area contributed by atoms with Crippen LogP contribution in [0.3, 0.4) is 0 Å². The van der Waals surface area contributed by atoms with E-state index in [1.54, 1.807) is 13.2 Å². The van der Waals surface area contributed by atoms with Gasteiger partial charge < -0.3 is 19.7 Å². The third-order valence-electron chi connectivity index (χ3n) is 7.01. The zero-order chi connectivity index (χ0) is 24.2. The maximum atomic E-state index is 14.2. The summed E-state index contributed by atoms with van der Waals surface area (Å²) in [6.07, 6.45) is 1.08. The second kappa shape index (κ2) is 8.56. The number of nitrogens with one attached hydrogen (secondary N) is 1. The molecule has 0 unspecified atom stereocenters. The van der Waals surface area contributed by atoms with E-state index >= 15 is 0 Å². The van der Waals surface area contributed by atoms with Gasteiger partial charge in [0.05, 0.1) is 30.0 Å². The van der Waals surface area contributed by atoms with Crippen molar-refractivity contribution in [2.75, 3.05) is 37.8 Å². The van der Waals surface area contributed by atoms with Crippen LogP contribution in [0.1, 0.15) is 35.7 Å². The fourth-order valence-corrected chi connectivity index (χ4v) is 5.32. The number of alkyl halides is 3. The molecule has 0 amide bonds. The van der Waals surface area contributed by atoms with Crippen LogP contribution in [-0.4, -0.2) is 52.5 Å². The Hall–Kier alpha value is -3.05. The highest BCUT2D eigenvalue weighted by molar-refractivity contribution is 5.79. The summed E-state index contributed by atoms with van der Waals surface area (Å²) in [5, 5.41) is 12.5. The van der Waals surface area contributed by atoms with Crippen molar-refractivity contribution in [3.63, 3.8) is 0 Å². The molecule has 8 nitrogen and oxygen atoms in total. The SMILES string of the molecule is Cn1cc(-c2cc3c(cc2C(F)(F)F)N(c2nn(C4CCOCC4)c4c2CNCC4)CCO3)cn1. The number of fused-ring (bicyclic) bond motifs is 2. The topological polar surface area (TPSA) is 69.4 Å². The molecule has 3 aliphatic rings. The molecule has 5 heterocycles. The van der Waals surface area contributed by atoms with Crippen LogP contribution in [0, 0.1) is 0 Å². The number of hydrogen-bond acceptors (Lipinski definition) is 6. The van der Waals surface area contributed by atoms with Crippen LogP contribution in [0.4, 0.5) is 24.7 Å². The Bertz CT molecular complexity index is 1240. The molecular weight excluding hydrogens is 461 g/mol. The molecule has 0 bridgehead atoms. The van der Waals surface area contributed by atoms with Gasteiger partial charge in [-0.15, -0.1) is 0 Å². The lowest BCUT2D eigenvalue weighted by Crippen LogP contribution is -2.31. The lowest BCUT2D eigenvalue weighted by atomic mass is 9.99. The zero-order valence-corrected chi connectivity index (χ0v) is 19.4. The van der Waals surface area contributed by atoms with E-state index in [1.807, 2.05) is 4.90 Å². The minimum atomic E-state index is -4.54. The van der Waals surface area contributed by atoms with Gasteiger partial charge in [-0.2, -0.15) is 23.4 Å². The molecule has 3 aromatic rings. The summed E-state index contributed by atoms with van der Waals surface area (Å²) in [4.78, 5) is 1.89. The number of aryl methyl sites for hydroxylation is 1. The third kappa shape index (κ3) is 3.96. The molecule has 1 aromatic carbocycles. The van der Waals surface area contributed by atoms with Crippen LogP contribution >= 0.6 is 0 Å². The summed E-state index contributed by atoms with van der Waals surface area (Å²) in [6, 6.07) is 2.93. The molecule has 35 heavy (non-hydrogen) atoms. The molecule has 1 saturated heterocycles. The largest absolute Gasteiger partial charge is 0.490 e. The minimum absolute atomic E-state index is 0.0580. The number of ether oxygens (including phenoxy) is 2. The van der Waals surface area contributed by atoms with Crippen LogP contribution < -0.4 is 15.0 Å². The number of halogens is 3. The number of nitrogens with zero attached hydrogens (tertiary/aromatic N) is 5. The third-order valence-corrected chi connectivity index (χ3v) is 7.01. The van der Waals surface area contributed by atoms with E-state index in [4.69, 9.17) is 14.6 Å². The summed E-state index contributed by atoms with van der Waals surface area (Å²) in [5.41, 5.74) is 2.36. The van der Waals surface area contributed by atoms with E-state index in [-0.39, 0.29) is 11.6 Å². The molecule has 1 fully saturated rings. The Balaban J connectivity index is 1.48. The van der Waals surface area contributed by atoms with Crippen molar-refractivity contribution < 1.29 is 22.6 Å². The first-order valence-electron chi connectivity index (χ1n) is 11.9. The highest BCUT2D eigenvalue weighted by atomic mass is 19.4. The van der Waals surface area contributed by atoms with Gasteiger partial charge in [-0.25, -0.2) is 0 Å². The van der Waals surface area contributed by atoms with E-state index < -0.39 is 11.7 Å². The average molecular weight is 489 g/mol. The summed E-state index contributed by atoms with van der Waals surface area (Å²) >= 11 is 0. The van der Waals surface area contributed by atoms with Gasteiger partial charge in [0.1, 0.15) is 12.4 Å². The fraction of sp³-hybridized carbons (Fsp3) is 0.500. The molecule has 0 radical (unpaired) electrons. The molecule has 2 aromatic heterocycles. The summed E-state index contributed by atoms with van der Waals surface area (Å²) in [7, 11) is 1.68. The van der Waals surface area contributed by atoms with Gasteiger partial charge in [-0.3, -0.25) is 9.36 Å². The first-order chi connectivity index (χ1) is 16.9. The van der Waals surface area contributed by atoms with Gasteiger partial charge >= 0.3 is 6.18 Å². The highest BCUT2D eigenvalue weighted by Gasteiger charge is 2.38. The van der Waals surface area contributed by atoms with Gasteiger partial charge in [0.25, 0.3) is 0 Å². The van der Waals surface area contributed by atoms with Crippen molar-refractivity contribution in [2.24, 2.45) is 7.05 Å². The number of anilines is 2. The van der Waals surface area contributed by atoms with E-state index in [9.17, 15) is 13.2 Å². The molecule has 3 aliphatic heterocycles. The Morgan fingerprint density at radius 3 is 2.71 bits per heavy atom. The first kappa shape index (κ1) is 22.4. The summed E-state index contributed by atoms with van der Waals surface area (Å²) in [5.74, 6) is 1.13. The number of benzene rings is 1. The number of hydrogen-bond donors (Lipinski definition) is 1. The maximum absolute atomic E-state index is 14.2. The van der Waals surface area contributed by atoms with E-state index in [0.717, 1.165) is 31.4 Å². The molecule has 0 aliphatic carbocycles. The van der Waals surface area contributed by atoms with Crippen LogP contribution in [0.2, 0.25) is 0 Å². The standard InChI is InChI=1S/C24H27F3N6O2/c1-31-14-15(12-29-31)17-10-22-21(11-19(17)24(25,26)27)32(6-9-35-22)23-18-13-28-5-2-20(18)33(30-23)16-3-7-34-8-4-16/h10-12,14,16,28H,2-9,13H2,1H3. The van der Waals surface area contributed by atoms with Crippen molar-refractivity contribution in [2.45, 2.75) is 38.0 Å². The van der Waals surface area contributed by atoms with Gasteiger partial charge in [0.2, 0.25) is 0 Å². The van der Waals surface area contributed by atoms with Gasteiger partial charge in [0.15, 0.2) is 5.82 Å². The van der Waals surface area contributed by atoms with Gasteiger partial charge in [-0.1, -0.05) is 0 Å². The molecular formula is C24H27F3N6O2. The Labute approximate surface area is 200 Å². The first-order valence-corrected chi connectivity index (χ1v) is 11.9. The highest BCUT2D eigenvalue weighted by Crippen LogP contribution is 2.47. The molecule has 11 heteroatoms. The van der Waals surface area contributed by atoms with Crippen LogP contribution in [0.25, 0.3) is 11.1 Å². The van der Waals surface area contributed by atoms with Crippen molar-refractivity contribution in [1.29, 1.82) is 0 Å². The zero-order valence-electron chi connectivity index (χ0n) is 19.4. The predicted octanol–water partition coefficient (Wildman–Crippen LogP) is 3.83. The molecule has 0 spiro atoms. The molecule has 0 atom stereocenters. The normalized spacial score (nSPS) is 18.8. The summed E-state index contributed by atoms with van der Waals surface area (Å²) < 4.78 is 57.7. The molecule has 186 valence electrons. The lowest BCUT2D eigenvalue weighted by Gasteiger charge is -2.32. The monoisotopic (exact) mass is 488 g/mol. The Morgan fingerprint density at radius 1 is 1.14 bits per heavy atom. The van der Waals surface area contributed by atoms with Crippen LogP contribution in [-0.2, 0) is 30.9 Å². The second-order valence-electron chi connectivity index (χ2n) is 9.23. The molecule has 6 rings (SSSR count). The average Bonchev–Trinajstić information content (AvgIpc) is 3.47. The maximum Gasteiger partial charge on any atom is 0.417 e. The number of aromatic nitrogens is 4. The lowest BCUT2D eigenvalue weighted by molar-refractivity contribution is -0.137. The van der Waals surface area contributed by atoms with Gasteiger partial charge in [-0.05, 0) is 25.0 Å². The van der Waals surface area contributed by atoms with E-state index in [2.05, 4.69) is 15.1 Å². The smallest absolute Gasteiger partial charge is 0.417 e. The Kier molecular flexibility index (Phi) is 5.48. The second-order valence-corrected chi connectivity index (χ2v) is 9.23. The van der Waals surface area contributed by atoms with Crippen LogP contribution in [0.15, 0.2) is 24.5 Å². The van der Waals surface area contributed by atoms with E-state index in [0.29, 0.717) is 55.7 Å². The molecule has 0 saturated carbocycles. The van der Waals surface area contributed by atoms with Gasteiger partial charge in [0, 0.05) is 68.4 Å². The number of rotatable bonds is 3. The minimum Gasteiger partial charge on any atom is -0.490 e. The van der Waals surface area contributed by atoms with Crippen LogP contribution in [0.5, 0.6) is 5.75 Å². The fourth-order valence-electron chi connectivity index (χ4n) is 5.32. The van der Waals surface area contributed by atoms with Crippen molar-refractivity contribution >= 4 is 11.5 Å². The van der Waals surface area contributed by atoms with E-state index in [1.165, 1.54) is 28.7 Å².